The Morgan fingerprint density at radius 3 is 2.57 bits per heavy atom. The number of methoxy groups -OCH3 is 1. The van der Waals surface area contributed by atoms with Crippen molar-refractivity contribution < 1.29 is 9.84 Å². The summed E-state index contributed by atoms with van der Waals surface area (Å²) in [5, 5.41) is 10.3. The van der Waals surface area contributed by atoms with E-state index in [0.717, 1.165) is 18.7 Å². The van der Waals surface area contributed by atoms with Crippen molar-refractivity contribution in [2.75, 3.05) is 37.0 Å². The molecule has 3 rings (SSSR count). The summed E-state index contributed by atoms with van der Waals surface area (Å²) >= 11 is 0. The average molecular weight is 284 g/mol. The van der Waals surface area contributed by atoms with Gasteiger partial charge in [-0.1, -0.05) is 24.3 Å². The molecule has 2 aromatic rings. The van der Waals surface area contributed by atoms with Crippen molar-refractivity contribution in [3.05, 3.63) is 48.0 Å². The highest BCUT2D eigenvalue weighted by atomic mass is 16.5. The number of hydrogen-bond acceptors (Lipinski definition) is 4. The molecule has 0 fully saturated rings. The number of para-hydroxylation sites is 3. The Labute approximate surface area is 125 Å². The minimum absolute atomic E-state index is 0.233. The van der Waals surface area contributed by atoms with E-state index in [2.05, 4.69) is 41.1 Å². The highest BCUT2D eigenvalue weighted by Gasteiger charge is 2.21. The smallest absolute Gasteiger partial charge is 0.162 e. The van der Waals surface area contributed by atoms with Crippen molar-refractivity contribution in [3.8, 4) is 11.5 Å². The first-order valence-electron chi connectivity index (χ1n) is 7.10. The van der Waals surface area contributed by atoms with Crippen molar-refractivity contribution in [2.24, 2.45) is 0 Å². The molecule has 0 amide bonds. The number of aromatic hydroxyl groups is 1. The van der Waals surface area contributed by atoms with Crippen molar-refractivity contribution in [3.63, 3.8) is 0 Å². The van der Waals surface area contributed by atoms with E-state index in [4.69, 9.17) is 4.74 Å². The van der Waals surface area contributed by atoms with Crippen LogP contribution in [0.15, 0.2) is 42.5 Å². The average Bonchev–Trinajstić information content (AvgIpc) is 2.52. The highest BCUT2D eigenvalue weighted by molar-refractivity contribution is 5.73. The third-order valence-electron chi connectivity index (χ3n) is 4.00. The summed E-state index contributed by atoms with van der Waals surface area (Å²) < 4.78 is 5.18. The highest BCUT2D eigenvalue weighted by Crippen LogP contribution is 2.35. The SMILES string of the molecule is COc1cccc(CN2CCN(C)c3ccccc32)c1O. The molecule has 0 spiro atoms. The first kappa shape index (κ1) is 13.6. The monoisotopic (exact) mass is 284 g/mol. The predicted octanol–water partition coefficient (Wildman–Crippen LogP) is 2.86. The Balaban J connectivity index is 1.91. The van der Waals surface area contributed by atoms with Gasteiger partial charge in [0.1, 0.15) is 0 Å². The van der Waals surface area contributed by atoms with Gasteiger partial charge >= 0.3 is 0 Å². The van der Waals surface area contributed by atoms with E-state index in [-0.39, 0.29) is 5.75 Å². The van der Waals surface area contributed by atoms with Crippen LogP contribution in [0.2, 0.25) is 0 Å². The Morgan fingerprint density at radius 1 is 1.05 bits per heavy atom. The molecule has 1 aliphatic rings. The second kappa shape index (κ2) is 5.56. The van der Waals surface area contributed by atoms with Gasteiger partial charge in [0.15, 0.2) is 11.5 Å². The van der Waals surface area contributed by atoms with Crippen molar-refractivity contribution >= 4 is 11.4 Å². The molecule has 0 unspecified atom stereocenters. The Morgan fingerprint density at radius 2 is 1.81 bits per heavy atom. The van der Waals surface area contributed by atoms with Crippen molar-refractivity contribution in [1.82, 2.24) is 0 Å². The maximum atomic E-state index is 10.3. The number of nitrogens with zero attached hydrogens (tertiary/aromatic N) is 2. The number of phenols is 1. The van der Waals surface area contributed by atoms with Gasteiger partial charge in [-0.15, -0.1) is 0 Å². The van der Waals surface area contributed by atoms with Crippen LogP contribution in [0.1, 0.15) is 5.56 Å². The van der Waals surface area contributed by atoms with E-state index in [1.807, 2.05) is 12.1 Å². The molecule has 1 heterocycles. The molecule has 4 nitrogen and oxygen atoms in total. The van der Waals surface area contributed by atoms with E-state index >= 15 is 0 Å². The number of benzene rings is 2. The maximum absolute atomic E-state index is 10.3. The van der Waals surface area contributed by atoms with E-state index in [1.165, 1.54) is 11.4 Å². The van der Waals surface area contributed by atoms with Crippen LogP contribution in [-0.4, -0.2) is 32.4 Å². The summed E-state index contributed by atoms with van der Waals surface area (Å²) in [4.78, 5) is 4.56. The topological polar surface area (TPSA) is 35.9 Å². The van der Waals surface area contributed by atoms with Gasteiger partial charge in [-0.3, -0.25) is 0 Å². The van der Waals surface area contributed by atoms with E-state index in [9.17, 15) is 5.11 Å². The number of rotatable bonds is 3. The molecule has 2 aromatic carbocycles. The fourth-order valence-electron chi connectivity index (χ4n) is 2.80. The molecule has 0 atom stereocenters. The molecular weight excluding hydrogens is 264 g/mol. The zero-order valence-electron chi connectivity index (χ0n) is 12.4. The van der Waals surface area contributed by atoms with Gasteiger partial charge in [0.2, 0.25) is 0 Å². The van der Waals surface area contributed by atoms with Gasteiger partial charge in [-0.25, -0.2) is 0 Å². The lowest BCUT2D eigenvalue weighted by molar-refractivity contribution is 0.370. The lowest BCUT2D eigenvalue weighted by Crippen LogP contribution is -2.38. The Kier molecular flexibility index (Phi) is 3.60. The molecule has 0 saturated carbocycles. The largest absolute Gasteiger partial charge is 0.504 e. The van der Waals surface area contributed by atoms with Crippen LogP contribution in [-0.2, 0) is 6.54 Å². The molecule has 1 N–H and O–H groups in total. The zero-order chi connectivity index (χ0) is 14.8. The van der Waals surface area contributed by atoms with Crippen LogP contribution in [0.5, 0.6) is 11.5 Å². The molecule has 1 aliphatic heterocycles. The summed E-state index contributed by atoms with van der Waals surface area (Å²) in [6, 6.07) is 14.0. The summed E-state index contributed by atoms with van der Waals surface area (Å²) in [5.74, 6) is 0.756. The molecular formula is C17H20N2O2. The standard InChI is InChI=1S/C17H20N2O2/c1-18-10-11-19(15-8-4-3-7-14(15)18)12-13-6-5-9-16(21-2)17(13)20/h3-9,20H,10-12H2,1-2H3. The number of hydrogen-bond donors (Lipinski definition) is 1. The van der Waals surface area contributed by atoms with Crippen LogP contribution < -0.4 is 14.5 Å². The number of anilines is 2. The number of likely N-dealkylation sites (N-methyl/N-ethyl adjacent to an activating group) is 1. The number of ether oxygens (including phenoxy) is 1. The molecule has 0 aromatic heterocycles. The van der Waals surface area contributed by atoms with E-state index in [0.29, 0.717) is 12.3 Å². The summed E-state index contributed by atoms with van der Waals surface area (Å²) in [5.41, 5.74) is 3.31. The number of phenolic OH excluding ortho intramolecular Hbond substituents is 1. The first-order valence-corrected chi connectivity index (χ1v) is 7.10. The Hall–Kier alpha value is -2.36. The van der Waals surface area contributed by atoms with E-state index < -0.39 is 0 Å². The zero-order valence-corrected chi connectivity index (χ0v) is 12.4. The summed E-state index contributed by atoms with van der Waals surface area (Å²) in [6.45, 7) is 2.58. The van der Waals surface area contributed by atoms with E-state index in [1.54, 1.807) is 13.2 Å². The summed E-state index contributed by atoms with van der Waals surface area (Å²) in [6.07, 6.45) is 0. The fourth-order valence-corrected chi connectivity index (χ4v) is 2.80. The second-order valence-electron chi connectivity index (χ2n) is 5.30. The molecule has 0 radical (unpaired) electrons. The predicted molar refractivity (Wildman–Crippen MR) is 85.4 cm³/mol. The molecule has 0 aliphatic carbocycles. The molecule has 0 bridgehead atoms. The van der Waals surface area contributed by atoms with Crippen LogP contribution in [0.3, 0.4) is 0 Å². The van der Waals surface area contributed by atoms with Crippen molar-refractivity contribution in [1.29, 1.82) is 0 Å². The van der Waals surface area contributed by atoms with Gasteiger partial charge in [-0.05, 0) is 18.2 Å². The Bertz CT molecular complexity index is 642. The lowest BCUT2D eigenvalue weighted by Gasteiger charge is -2.37. The third-order valence-corrected chi connectivity index (χ3v) is 4.00. The quantitative estimate of drug-likeness (QED) is 0.940. The van der Waals surface area contributed by atoms with Crippen molar-refractivity contribution in [2.45, 2.75) is 6.54 Å². The lowest BCUT2D eigenvalue weighted by atomic mass is 10.1. The number of fused-ring (bicyclic) bond motifs is 1. The summed E-state index contributed by atoms with van der Waals surface area (Å²) in [7, 11) is 3.68. The molecule has 0 saturated heterocycles. The fraction of sp³-hybridized carbons (Fsp3) is 0.294. The van der Waals surface area contributed by atoms with Gasteiger partial charge < -0.3 is 19.6 Å². The van der Waals surface area contributed by atoms with Crippen LogP contribution in [0, 0.1) is 0 Å². The van der Waals surface area contributed by atoms with Crippen LogP contribution >= 0.6 is 0 Å². The van der Waals surface area contributed by atoms with Crippen LogP contribution in [0.25, 0.3) is 0 Å². The minimum Gasteiger partial charge on any atom is -0.504 e. The van der Waals surface area contributed by atoms with Gasteiger partial charge in [0.25, 0.3) is 0 Å². The van der Waals surface area contributed by atoms with Crippen LogP contribution in [0.4, 0.5) is 11.4 Å². The third kappa shape index (κ3) is 2.49. The molecule has 4 heteroatoms. The maximum Gasteiger partial charge on any atom is 0.162 e. The molecule has 110 valence electrons. The van der Waals surface area contributed by atoms with Gasteiger partial charge in [0.05, 0.1) is 18.5 Å². The normalized spacial score (nSPS) is 14.0. The second-order valence-corrected chi connectivity index (χ2v) is 5.30. The first-order chi connectivity index (χ1) is 10.2. The molecule has 21 heavy (non-hydrogen) atoms. The van der Waals surface area contributed by atoms with Gasteiger partial charge in [0, 0.05) is 32.2 Å². The van der Waals surface area contributed by atoms with Gasteiger partial charge in [-0.2, -0.15) is 0 Å². The minimum atomic E-state index is 0.233.